The number of halogens is 6. The largest absolute Gasteiger partial charge is 0.417 e. The molecule has 3 aromatic rings. The fourth-order valence-electron chi connectivity index (χ4n) is 2.43. The van der Waals surface area contributed by atoms with Crippen molar-refractivity contribution in [3.8, 4) is 5.69 Å². The molecule has 158 valence electrons. The SMILES string of the molecule is O=c1c(Cl)c(Cl)cnn1-c1ccc(NCCNc2ccc(C(F)(F)F)cn2)c(Cl)c1. The average molecular weight is 479 g/mol. The minimum absolute atomic E-state index is 0.0531. The van der Waals surface area contributed by atoms with Crippen LogP contribution < -0.4 is 16.2 Å². The molecule has 0 saturated heterocycles. The van der Waals surface area contributed by atoms with Gasteiger partial charge in [-0.05, 0) is 30.3 Å². The van der Waals surface area contributed by atoms with Crippen molar-refractivity contribution in [3.63, 3.8) is 0 Å². The summed E-state index contributed by atoms with van der Waals surface area (Å²) in [7, 11) is 0. The number of anilines is 2. The molecule has 2 N–H and O–H groups in total. The van der Waals surface area contributed by atoms with Crippen LogP contribution in [-0.2, 0) is 6.18 Å². The molecular formula is C18H13Cl3F3N5O. The van der Waals surface area contributed by atoms with Gasteiger partial charge in [-0.15, -0.1) is 0 Å². The number of hydrogen-bond acceptors (Lipinski definition) is 5. The third-order valence-electron chi connectivity index (χ3n) is 3.91. The van der Waals surface area contributed by atoms with Crippen molar-refractivity contribution in [2.75, 3.05) is 23.7 Å². The lowest BCUT2D eigenvalue weighted by molar-refractivity contribution is -0.137. The molecule has 6 nitrogen and oxygen atoms in total. The van der Waals surface area contributed by atoms with Crippen LogP contribution in [0.4, 0.5) is 24.7 Å². The normalized spacial score (nSPS) is 11.4. The monoisotopic (exact) mass is 477 g/mol. The number of nitrogens with zero attached hydrogens (tertiary/aromatic N) is 3. The molecule has 0 radical (unpaired) electrons. The van der Waals surface area contributed by atoms with Gasteiger partial charge in [-0.2, -0.15) is 23.0 Å². The van der Waals surface area contributed by atoms with Gasteiger partial charge in [0.15, 0.2) is 0 Å². The van der Waals surface area contributed by atoms with Crippen molar-refractivity contribution in [3.05, 3.63) is 73.7 Å². The molecule has 0 aliphatic heterocycles. The molecule has 3 rings (SSSR count). The third kappa shape index (κ3) is 5.16. The highest BCUT2D eigenvalue weighted by Gasteiger charge is 2.30. The van der Waals surface area contributed by atoms with Crippen LogP contribution in [-0.4, -0.2) is 27.9 Å². The van der Waals surface area contributed by atoms with Gasteiger partial charge in [0, 0.05) is 19.3 Å². The molecule has 0 fully saturated rings. The maximum absolute atomic E-state index is 12.5. The second-order valence-corrected chi connectivity index (χ2v) is 7.16. The van der Waals surface area contributed by atoms with E-state index in [4.69, 9.17) is 34.8 Å². The van der Waals surface area contributed by atoms with Gasteiger partial charge in [0.1, 0.15) is 10.8 Å². The molecule has 0 aliphatic rings. The minimum atomic E-state index is -4.42. The number of benzene rings is 1. The van der Waals surface area contributed by atoms with Crippen molar-refractivity contribution in [2.24, 2.45) is 0 Å². The van der Waals surface area contributed by atoms with Crippen molar-refractivity contribution >= 4 is 46.3 Å². The third-order valence-corrected chi connectivity index (χ3v) is 4.97. The molecular weight excluding hydrogens is 466 g/mol. The van der Waals surface area contributed by atoms with E-state index in [2.05, 4.69) is 20.7 Å². The maximum atomic E-state index is 12.5. The molecule has 2 aromatic heterocycles. The van der Waals surface area contributed by atoms with E-state index in [1.165, 1.54) is 18.3 Å². The zero-order chi connectivity index (χ0) is 21.9. The first kappa shape index (κ1) is 22.2. The molecule has 0 amide bonds. The van der Waals surface area contributed by atoms with Gasteiger partial charge in [-0.3, -0.25) is 4.79 Å². The molecule has 0 spiro atoms. The number of nitrogens with one attached hydrogen (secondary N) is 2. The summed E-state index contributed by atoms with van der Waals surface area (Å²) < 4.78 is 38.7. The summed E-state index contributed by atoms with van der Waals surface area (Å²) >= 11 is 17.9. The lowest BCUT2D eigenvalue weighted by atomic mass is 10.2. The van der Waals surface area contributed by atoms with Crippen LogP contribution in [0.5, 0.6) is 0 Å². The quantitative estimate of drug-likeness (QED) is 0.481. The summed E-state index contributed by atoms with van der Waals surface area (Å²) in [6.45, 7) is 0.789. The summed E-state index contributed by atoms with van der Waals surface area (Å²) in [6, 6.07) is 7.03. The highest BCUT2D eigenvalue weighted by atomic mass is 35.5. The number of alkyl halides is 3. The standard InChI is InChI=1S/C18H13Cl3F3N5O/c19-12-7-11(29-17(30)16(21)13(20)9-28-29)2-3-14(12)25-5-6-26-15-4-1-10(8-27-15)18(22,23)24/h1-4,7-9,25H,5-6H2,(H,26,27). The van der Waals surface area contributed by atoms with Gasteiger partial charge < -0.3 is 10.6 Å². The van der Waals surface area contributed by atoms with Gasteiger partial charge in [0.05, 0.1) is 33.2 Å². The highest BCUT2D eigenvalue weighted by Crippen LogP contribution is 2.29. The van der Waals surface area contributed by atoms with E-state index in [9.17, 15) is 18.0 Å². The predicted molar refractivity (Wildman–Crippen MR) is 111 cm³/mol. The van der Waals surface area contributed by atoms with E-state index in [1.54, 1.807) is 12.1 Å². The van der Waals surface area contributed by atoms with Gasteiger partial charge in [0.25, 0.3) is 5.56 Å². The zero-order valence-electron chi connectivity index (χ0n) is 15.0. The Hall–Kier alpha value is -2.49. The smallest absolute Gasteiger partial charge is 0.382 e. The van der Waals surface area contributed by atoms with Gasteiger partial charge in [-0.1, -0.05) is 34.8 Å². The predicted octanol–water partition coefficient (Wildman–Crippen LogP) is 5.13. The Morgan fingerprint density at radius 2 is 1.70 bits per heavy atom. The molecule has 12 heteroatoms. The maximum Gasteiger partial charge on any atom is 0.417 e. The molecule has 1 aromatic carbocycles. The van der Waals surface area contributed by atoms with Crippen molar-refractivity contribution in [1.82, 2.24) is 14.8 Å². The Balaban J connectivity index is 1.59. The van der Waals surface area contributed by atoms with E-state index in [0.29, 0.717) is 35.3 Å². The van der Waals surface area contributed by atoms with E-state index < -0.39 is 17.3 Å². The van der Waals surface area contributed by atoms with Gasteiger partial charge in [-0.25, -0.2) is 4.98 Å². The number of hydrogen-bond donors (Lipinski definition) is 2. The van der Waals surface area contributed by atoms with Gasteiger partial charge >= 0.3 is 6.18 Å². The fourth-order valence-corrected chi connectivity index (χ4v) is 2.92. The molecule has 0 aliphatic carbocycles. The molecule has 0 atom stereocenters. The van der Waals surface area contributed by atoms with E-state index >= 15 is 0 Å². The first-order chi connectivity index (χ1) is 14.2. The first-order valence-electron chi connectivity index (χ1n) is 8.41. The van der Waals surface area contributed by atoms with Crippen LogP contribution in [0.2, 0.25) is 15.1 Å². The van der Waals surface area contributed by atoms with Crippen LogP contribution >= 0.6 is 34.8 Å². The first-order valence-corrected chi connectivity index (χ1v) is 9.54. The van der Waals surface area contributed by atoms with Crippen LogP contribution in [0.15, 0.2) is 47.5 Å². The van der Waals surface area contributed by atoms with E-state index in [-0.39, 0.29) is 10.0 Å². The molecule has 0 unspecified atom stereocenters. The lowest BCUT2D eigenvalue weighted by Crippen LogP contribution is -2.21. The molecule has 30 heavy (non-hydrogen) atoms. The lowest BCUT2D eigenvalue weighted by Gasteiger charge is -2.12. The molecule has 2 heterocycles. The highest BCUT2D eigenvalue weighted by molar-refractivity contribution is 6.41. The number of aromatic nitrogens is 3. The number of rotatable bonds is 6. The fraction of sp³-hybridized carbons (Fsp3) is 0.167. The Bertz CT molecular complexity index is 1100. The number of pyridine rings is 1. The Morgan fingerprint density at radius 1 is 0.967 bits per heavy atom. The Labute approximate surface area is 183 Å². The second kappa shape index (κ2) is 9.11. The summed E-state index contributed by atoms with van der Waals surface area (Å²) in [5, 5.41) is 10.2. The minimum Gasteiger partial charge on any atom is -0.382 e. The molecule has 0 saturated carbocycles. The van der Waals surface area contributed by atoms with E-state index in [0.717, 1.165) is 16.9 Å². The average Bonchev–Trinajstić information content (AvgIpc) is 2.70. The van der Waals surface area contributed by atoms with Crippen molar-refractivity contribution < 1.29 is 13.2 Å². The summed E-state index contributed by atoms with van der Waals surface area (Å²) in [5.41, 5.74) is -0.389. The van der Waals surface area contributed by atoms with Crippen LogP contribution in [0, 0.1) is 0 Å². The summed E-state index contributed by atoms with van der Waals surface area (Å²) in [6.07, 6.45) is -2.40. The van der Waals surface area contributed by atoms with Gasteiger partial charge in [0.2, 0.25) is 0 Å². The summed E-state index contributed by atoms with van der Waals surface area (Å²) in [4.78, 5) is 15.9. The topological polar surface area (TPSA) is 71.8 Å². The second-order valence-electron chi connectivity index (χ2n) is 5.97. The van der Waals surface area contributed by atoms with Crippen LogP contribution in [0.1, 0.15) is 5.56 Å². The zero-order valence-corrected chi connectivity index (χ0v) is 17.2. The summed E-state index contributed by atoms with van der Waals surface area (Å²) in [5.74, 6) is 0.316. The van der Waals surface area contributed by atoms with E-state index in [1.807, 2.05) is 0 Å². The van der Waals surface area contributed by atoms with Crippen LogP contribution in [0.3, 0.4) is 0 Å². The molecule has 0 bridgehead atoms. The van der Waals surface area contributed by atoms with Crippen molar-refractivity contribution in [2.45, 2.75) is 6.18 Å². The van der Waals surface area contributed by atoms with Crippen LogP contribution in [0.25, 0.3) is 5.69 Å². The Kier molecular flexibility index (Phi) is 6.74. The Morgan fingerprint density at radius 3 is 2.33 bits per heavy atom. The van der Waals surface area contributed by atoms with Crippen molar-refractivity contribution in [1.29, 1.82) is 0 Å².